The Morgan fingerprint density at radius 3 is 2.61 bits per heavy atom. The van der Waals surface area contributed by atoms with Crippen LogP contribution < -0.4 is 9.47 Å². The van der Waals surface area contributed by atoms with Gasteiger partial charge in [0.1, 0.15) is 0 Å². The van der Waals surface area contributed by atoms with Crippen LogP contribution in [-0.4, -0.2) is 43.9 Å². The Kier molecular flexibility index (Phi) is 5.98. The van der Waals surface area contributed by atoms with Crippen LogP contribution in [0.1, 0.15) is 16.8 Å². The second-order valence-electron chi connectivity index (χ2n) is 3.96. The Hall–Kier alpha value is -1.23. The summed E-state index contributed by atoms with van der Waals surface area (Å²) in [7, 11) is 5.00. The highest BCUT2D eigenvalue weighted by atomic mass is 79.9. The molecule has 0 heterocycles. The highest BCUT2D eigenvalue weighted by Crippen LogP contribution is 2.28. The third kappa shape index (κ3) is 3.91. The van der Waals surface area contributed by atoms with Crippen LogP contribution in [0.2, 0.25) is 0 Å². The summed E-state index contributed by atoms with van der Waals surface area (Å²) in [6.45, 7) is 0.614. The summed E-state index contributed by atoms with van der Waals surface area (Å²) >= 11 is 3.34. The van der Waals surface area contributed by atoms with Crippen LogP contribution in [-0.2, 0) is 0 Å². The molecule has 0 radical (unpaired) electrons. The number of rotatable bonds is 6. The lowest BCUT2D eigenvalue weighted by molar-refractivity contribution is 0.0827. The fourth-order valence-corrected chi connectivity index (χ4v) is 1.64. The van der Waals surface area contributed by atoms with Crippen LogP contribution in [0.3, 0.4) is 0 Å². The van der Waals surface area contributed by atoms with Crippen molar-refractivity contribution in [3.63, 3.8) is 0 Å². The second kappa shape index (κ2) is 7.26. The lowest BCUT2D eigenvalue weighted by atomic mass is 10.2. The third-order valence-corrected chi connectivity index (χ3v) is 2.91. The topological polar surface area (TPSA) is 38.8 Å². The van der Waals surface area contributed by atoms with Gasteiger partial charge in [-0.2, -0.15) is 0 Å². The number of methoxy groups -OCH3 is 1. The van der Waals surface area contributed by atoms with Crippen LogP contribution >= 0.6 is 15.9 Å². The zero-order valence-electron chi connectivity index (χ0n) is 10.9. The average Bonchev–Trinajstić information content (AvgIpc) is 2.38. The van der Waals surface area contributed by atoms with Gasteiger partial charge in [-0.05, 0) is 24.6 Å². The molecule has 0 unspecified atom stereocenters. The third-order valence-electron chi connectivity index (χ3n) is 2.35. The number of carbonyl (C=O) groups is 1. The van der Waals surface area contributed by atoms with Crippen LogP contribution in [0.15, 0.2) is 18.2 Å². The predicted octanol–water partition coefficient (Wildman–Crippen LogP) is 2.56. The first kappa shape index (κ1) is 14.8. The molecule has 1 aromatic rings. The first-order valence-electron chi connectivity index (χ1n) is 5.68. The van der Waals surface area contributed by atoms with E-state index in [9.17, 15) is 4.79 Å². The quantitative estimate of drug-likeness (QED) is 0.598. The van der Waals surface area contributed by atoms with E-state index in [0.29, 0.717) is 23.7 Å². The van der Waals surface area contributed by atoms with E-state index < -0.39 is 0 Å². The van der Waals surface area contributed by atoms with Crippen molar-refractivity contribution in [2.24, 2.45) is 0 Å². The molecule has 0 aliphatic heterocycles. The highest BCUT2D eigenvalue weighted by Gasteiger charge is 2.12. The number of carbonyl (C=O) groups excluding carboxylic acids is 1. The number of nitrogens with zero attached hydrogens (tertiary/aromatic N) is 1. The van der Waals surface area contributed by atoms with Gasteiger partial charge in [-0.1, -0.05) is 15.9 Å². The number of hydrogen-bond acceptors (Lipinski definition) is 3. The van der Waals surface area contributed by atoms with Crippen molar-refractivity contribution in [3.05, 3.63) is 23.8 Å². The number of ether oxygens (including phenoxy) is 2. The van der Waals surface area contributed by atoms with E-state index in [2.05, 4.69) is 15.9 Å². The summed E-state index contributed by atoms with van der Waals surface area (Å²) < 4.78 is 10.8. The van der Waals surface area contributed by atoms with Crippen molar-refractivity contribution in [1.29, 1.82) is 0 Å². The summed E-state index contributed by atoms with van der Waals surface area (Å²) in [5, 5.41) is 0.895. The normalized spacial score (nSPS) is 10.0. The van der Waals surface area contributed by atoms with E-state index in [1.807, 2.05) is 0 Å². The minimum Gasteiger partial charge on any atom is -0.493 e. The van der Waals surface area contributed by atoms with Gasteiger partial charge in [0.2, 0.25) is 0 Å². The van der Waals surface area contributed by atoms with Crippen LogP contribution in [0.5, 0.6) is 11.5 Å². The van der Waals surface area contributed by atoms with Crippen molar-refractivity contribution in [2.45, 2.75) is 6.42 Å². The van der Waals surface area contributed by atoms with Gasteiger partial charge < -0.3 is 14.4 Å². The smallest absolute Gasteiger partial charge is 0.253 e. The maximum atomic E-state index is 11.8. The van der Waals surface area contributed by atoms with E-state index in [1.165, 1.54) is 4.90 Å². The molecule has 0 aliphatic rings. The van der Waals surface area contributed by atoms with E-state index in [0.717, 1.165) is 11.8 Å². The predicted molar refractivity (Wildman–Crippen MR) is 74.9 cm³/mol. The number of halogens is 1. The number of alkyl halides is 1. The van der Waals surface area contributed by atoms with Crippen molar-refractivity contribution >= 4 is 21.8 Å². The van der Waals surface area contributed by atoms with Crippen molar-refractivity contribution in [2.75, 3.05) is 33.1 Å². The van der Waals surface area contributed by atoms with E-state index >= 15 is 0 Å². The molecule has 0 N–H and O–H groups in total. The zero-order chi connectivity index (χ0) is 13.5. The SMILES string of the molecule is COc1cc(C(=O)N(C)C)ccc1OCCCBr. The molecule has 0 aliphatic carbocycles. The van der Waals surface area contributed by atoms with E-state index in [1.54, 1.807) is 39.4 Å². The van der Waals surface area contributed by atoms with Gasteiger partial charge in [-0.25, -0.2) is 0 Å². The molecule has 5 heteroatoms. The second-order valence-corrected chi connectivity index (χ2v) is 4.75. The van der Waals surface area contributed by atoms with Crippen LogP contribution in [0.4, 0.5) is 0 Å². The van der Waals surface area contributed by atoms with Crippen LogP contribution in [0.25, 0.3) is 0 Å². The van der Waals surface area contributed by atoms with Crippen LogP contribution in [0, 0.1) is 0 Å². The first-order valence-corrected chi connectivity index (χ1v) is 6.80. The fraction of sp³-hybridized carbons (Fsp3) is 0.462. The van der Waals surface area contributed by atoms with E-state index in [-0.39, 0.29) is 5.91 Å². The van der Waals surface area contributed by atoms with Crippen molar-refractivity contribution < 1.29 is 14.3 Å². The Balaban J connectivity index is 2.86. The molecule has 1 rings (SSSR count). The summed E-state index contributed by atoms with van der Waals surface area (Å²) in [5.41, 5.74) is 0.588. The van der Waals surface area contributed by atoms with Gasteiger partial charge in [0, 0.05) is 25.0 Å². The fourth-order valence-electron chi connectivity index (χ4n) is 1.41. The van der Waals surface area contributed by atoms with Gasteiger partial charge in [-0.3, -0.25) is 4.79 Å². The highest BCUT2D eigenvalue weighted by molar-refractivity contribution is 9.09. The van der Waals surface area contributed by atoms with Crippen molar-refractivity contribution in [3.8, 4) is 11.5 Å². The molecule has 0 atom stereocenters. The molecule has 18 heavy (non-hydrogen) atoms. The lowest BCUT2D eigenvalue weighted by Gasteiger charge is -2.14. The largest absolute Gasteiger partial charge is 0.493 e. The molecule has 0 saturated carbocycles. The maximum absolute atomic E-state index is 11.8. The minimum atomic E-state index is -0.0553. The molecule has 0 bridgehead atoms. The minimum absolute atomic E-state index is 0.0553. The summed E-state index contributed by atoms with van der Waals surface area (Å²) in [4.78, 5) is 13.3. The van der Waals surface area contributed by atoms with Gasteiger partial charge in [-0.15, -0.1) is 0 Å². The van der Waals surface area contributed by atoms with E-state index in [4.69, 9.17) is 9.47 Å². The molecule has 100 valence electrons. The summed E-state index contributed by atoms with van der Waals surface area (Å²) in [6.07, 6.45) is 0.918. The standard InChI is InChI=1S/C13H18BrNO3/c1-15(2)13(16)10-5-6-11(12(9-10)17-3)18-8-4-7-14/h5-6,9H,4,7-8H2,1-3H3. The molecule has 1 aromatic carbocycles. The molecule has 0 aromatic heterocycles. The molecule has 0 saturated heterocycles. The maximum Gasteiger partial charge on any atom is 0.253 e. The monoisotopic (exact) mass is 315 g/mol. The Labute approximate surface area is 116 Å². The van der Waals surface area contributed by atoms with Gasteiger partial charge in [0.25, 0.3) is 5.91 Å². The van der Waals surface area contributed by atoms with Crippen molar-refractivity contribution in [1.82, 2.24) is 4.90 Å². The number of hydrogen-bond donors (Lipinski definition) is 0. The molecule has 0 spiro atoms. The molecule has 0 fully saturated rings. The average molecular weight is 316 g/mol. The lowest BCUT2D eigenvalue weighted by Crippen LogP contribution is -2.21. The first-order chi connectivity index (χ1) is 8.60. The zero-order valence-corrected chi connectivity index (χ0v) is 12.5. The Morgan fingerprint density at radius 1 is 1.33 bits per heavy atom. The number of benzene rings is 1. The molecular weight excluding hydrogens is 298 g/mol. The van der Waals surface area contributed by atoms with Gasteiger partial charge in [0.05, 0.1) is 13.7 Å². The Bertz CT molecular complexity index is 407. The Morgan fingerprint density at radius 2 is 2.06 bits per heavy atom. The summed E-state index contributed by atoms with van der Waals surface area (Å²) in [5.74, 6) is 1.19. The molecular formula is C13H18BrNO3. The number of amides is 1. The van der Waals surface area contributed by atoms with Gasteiger partial charge >= 0.3 is 0 Å². The molecule has 1 amide bonds. The molecule has 4 nitrogen and oxygen atoms in total. The summed E-state index contributed by atoms with van der Waals surface area (Å²) in [6, 6.07) is 5.21. The van der Waals surface area contributed by atoms with Gasteiger partial charge in [0.15, 0.2) is 11.5 Å².